The van der Waals surface area contributed by atoms with Crippen LogP contribution in [0.5, 0.6) is 0 Å². The molecule has 2 fully saturated rings. The zero-order chi connectivity index (χ0) is 23.4. The highest BCUT2D eigenvalue weighted by Gasteiger charge is 2.33. The smallest absolute Gasteiger partial charge is 0.414 e. The zero-order valence-corrected chi connectivity index (χ0v) is 18.1. The monoisotopic (exact) mass is 454 g/mol. The van der Waals surface area contributed by atoms with Crippen LogP contribution in [0.3, 0.4) is 0 Å². The van der Waals surface area contributed by atoms with Crippen molar-refractivity contribution in [2.45, 2.75) is 32.4 Å². The zero-order valence-electron chi connectivity index (χ0n) is 18.1. The second-order valence-corrected chi connectivity index (χ2v) is 7.70. The maximum absolute atomic E-state index is 14.9. The van der Waals surface area contributed by atoms with Crippen molar-refractivity contribution in [1.82, 2.24) is 15.0 Å². The molecule has 10 nitrogen and oxygen atoms in total. The van der Waals surface area contributed by atoms with Gasteiger partial charge < -0.3 is 14.4 Å². The van der Waals surface area contributed by atoms with Crippen molar-refractivity contribution in [2.75, 3.05) is 36.0 Å². The lowest BCUT2D eigenvalue weighted by Gasteiger charge is -2.31. The first-order chi connectivity index (χ1) is 16.0. The van der Waals surface area contributed by atoms with Crippen molar-refractivity contribution >= 4 is 23.4 Å². The highest BCUT2D eigenvalue weighted by molar-refractivity contribution is 5.90. The third kappa shape index (κ3) is 4.95. The number of ether oxygens (including phenoxy) is 2. The Kier molecular flexibility index (Phi) is 6.53. The number of carbonyl (C=O) groups is 2. The van der Waals surface area contributed by atoms with Gasteiger partial charge in [-0.2, -0.15) is 0 Å². The van der Waals surface area contributed by atoms with Crippen molar-refractivity contribution in [3.63, 3.8) is 0 Å². The highest BCUT2D eigenvalue weighted by atomic mass is 19.1. The van der Waals surface area contributed by atoms with Crippen molar-refractivity contribution in [1.29, 1.82) is 0 Å². The van der Waals surface area contributed by atoms with Gasteiger partial charge in [0.15, 0.2) is 11.9 Å². The standard InChI is InChI=1S/C22H23FN6O4/c1-3-32-21(30)19-14-28(26-25-19)12-17-13-29(22(31)33-17)16-4-5-20(18(23)10-16)27-8-6-15(7-9-27)11-24-2/h4-5,10-11,14,17H,3,6-9,12-13H2,1H3/t17-/m0/s1. The van der Waals surface area contributed by atoms with Crippen molar-refractivity contribution in [2.24, 2.45) is 0 Å². The lowest BCUT2D eigenvalue weighted by Crippen LogP contribution is -2.31. The molecule has 33 heavy (non-hydrogen) atoms. The van der Waals surface area contributed by atoms with Gasteiger partial charge in [0.1, 0.15) is 11.9 Å². The summed E-state index contributed by atoms with van der Waals surface area (Å²) in [4.78, 5) is 30.7. The number of hydrogen-bond acceptors (Lipinski definition) is 7. The van der Waals surface area contributed by atoms with Crippen LogP contribution in [0.1, 0.15) is 30.3 Å². The van der Waals surface area contributed by atoms with Gasteiger partial charge in [0, 0.05) is 13.1 Å². The highest BCUT2D eigenvalue weighted by Crippen LogP contribution is 2.30. The number of cyclic esters (lactones) is 1. The van der Waals surface area contributed by atoms with Crippen LogP contribution in [0.4, 0.5) is 20.6 Å². The first-order valence-corrected chi connectivity index (χ1v) is 10.6. The van der Waals surface area contributed by atoms with Crippen LogP contribution in [-0.4, -0.2) is 59.4 Å². The van der Waals surface area contributed by atoms with Crippen molar-refractivity contribution in [3.8, 4) is 0 Å². The Morgan fingerprint density at radius 3 is 2.88 bits per heavy atom. The van der Waals surface area contributed by atoms with Crippen LogP contribution >= 0.6 is 0 Å². The van der Waals surface area contributed by atoms with Crippen LogP contribution < -0.4 is 9.80 Å². The van der Waals surface area contributed by atoms with Gasteiger partial charge in [-0.05, 0) is 38.0 Å². The summed E-state index contributed by atoms with van der Waals surface area (Å²) in [5.74, 6) is -0.992. The van der Waals surface area contributed by atoms with E-state index in [9.17, 15) is 14.0 Å². The van der Waals surface area contributed by atoms with Crippen LogP contribution in [0.15, 0.2) is 36.2 Å². The van der Waals surface area contributed by atoms with E-state index >= 15 is 0 Å². The Morgan fingerprint density at radius 1 is 1.39 bits per heavy atom. The number of benzene rings is 1. The van der Waals surface area contributed by atoms with E-state index in [1.165, 1.54) is 21.8 Å². The molecule has 1 aromatic heterocycles. The van der Waals surface area contributed by atoms with E-state index in [0.29, 0.717) is 24.5 Å². The van der Waals surface area contributed by atoms with Crippen molar-refractivity contribution < 1.29 is 23.5 Å². The van der Waals surface area contributed by atoms with Crippen LogP contribution in [0.25, 0.3) is 4.85 Å². The molecule has 0 N–H and O–H groups in total. The van der Waals surface area contributed by atoms with E-state index in [-0.39, 0.29) is 25.4 Å². The molecule has 0 bridgehead atoms. The molecule has 0 unspecified atom stereocenters. The van der Waals surface area contributed by atoms with Crippen LogP contribution in [-0.2, 0) is 16.0 Å². The fourth-order valence-corrected chi connectivity index (χ4v) is 3.90. The number of carbonyl (C=O) groups excluding carboxylic acids is 2. The first-order valence-electron chi connectivity index (χ1n) is 10.6. The second-order valence-electron chi connectivity index (χ2n) is 7.70. The predicted octanol–water partition coefficient (Wildman–Crippen LogP) is 3.02. The van der Waals surface area contributed by atoms with Gasteiger partial charge in [0.2, 0.25) is 0 Å². The summed E-state index contributed by atoms with van der Waals surface area (Å²) in [7, 11) is 0. The van der Waals surface area contributed by atoms with Gasteiger partial charge in [-0.1, -0.05) is 10.8 Å². The van der Waals surface area contributed by atoms with E-state index in [0.717, 1.165) is 18.4 Å². The van der Waals surface area contributed by atoms with Crippen LogP contribution in [0.2, 0.25) is 0 Å². The molecule has 172 valence electrons. The van der Waals surface area contributed by atoms with E-state index < -0.39 is 24.0 Å². The number of nitrogens with zero attached hydrogens (tertiary/aromatic N) is 6. The minimum absolute atomic E-state index is 0.0742. The van der Waals surface area contributed by atoms with E-state index in [2.05, 4.69) is 15.2 Å². The molecular formula is C22H23FN6O4. The molecule has 0 aliphatic carbocycles. The predicted molar refractivity (Wildman–Crippen MR) is 116 cm³/mol. The quantitative estimate of drug-likeness (QED) is 0.489. The normalized spacial score (nSPS) is 18.2. The first kappa shape index (κ1) is 22.3. The molecule has 0 spiro atoms. The van der Waals surface area contributed by atoms with Crippen molar-refractivity contribution in [3.05, 3.63) is 59.1 Å². The molecule has 0 saturated carbocycles. The summed E-state index contributed by atoms with van der Waals surface area (Å²) in [6.45, 7) is 10.5. The van der Waals surface area contributed by atoms with E-state index in [1.54, 1.807) is 25.3 Å². The van der Waals surface area contributed by atoms with Gasteiger partial charge in [0.05, 0.1) is 43.8 Å². The Bertz CT molecular complexity index is 1110. The molecule has 2 aliphatic heterocycles. The lowest BCUT2D eigenvalue weighted by atomic mass is 10.0. The maximum Gasteiger partial charge on any atom is 0.414 e. The van der Waals surface area contributed by atoms with Gasteiger partial charge >= 0.3 is 12.1 Å². The van der Waals surface area contributed by atoms with Gasteiger partial charge in [-0.15, -0.1) is 5.10 Å². The number of piperidine rings is 1. The Balaban J connectivity index is 1.39. The molecule has 3 heterocycles. The molecule has 4 rings (SSSR count). The summed E-state index contributed by atoms with van der Waals surface area (Å²) in [6, 6.07) is 4.69. The Labute approximate surface area is 190 Å². The largest absolute Gasteiger partial charge is 0.461 e. The number of hydrogen-bond donors (Lipinski definition) is 0. The number of rotatable bonds is 6. The molecular weight excluding hydrogens is 431 g/mol. The molecule has 0 radical (unpaired) electrons. The summed E-state index contributed by atoms with van der Waals surface area (Å²) in [5.41, 5.74) is 2.02. The average molecular weight is 454 g/mol. The fourth-order valence-electron chi connectivity index (χ4n) is 3.90. The number of esters is 1. The molecule has 2 aromatic rings. The minimum atomic E-state index is -0.579. The summed E-state index contributed by atoms with van der Waals surface area (Å²) in [5, 5.41) is 7.64. The molecule has 1 aromatic carbocycles. The average Bonchev–Trinajstić information content (AvgIpc) is 3.41. The third-order valence-electron chi connectivity index (χ3n) is 5.52. The van der Waals surface area contributed by atoms with Gasteiger partial charge in [-0.3, -0.25) is 4.90 Å². The number of aromatic nitrogens is 3. The number of anilines is 2. The van der Waals surface area contributed by atoms with E-state index in [4.69, 9.17) is 16.0 Å². The second kappa shape index (κ2) is 9.68. The van der Waals surface area contributed by atoms with Crippen LogP contribution in [0, 0.1) is 12.4 Å². The SMILES string of the molecule is [C-]#[N+]C=C1CCN(c2ccc(N3C[C@H](Cn4cc(C(=O)OCC)nn4)OC3=O)cc2F)CC1. The Morgan fingerprint density at radius 2 is 2.18 bits per heavy atom. The minimum Gasteiger partial charge on any atom is -0.461 e. The molecule has 2 saturated heterocycles. The lowest BCUT2D eigenvalue weighted by molar-refractivity contribution is 0.0519. The summed E-state index contributed by atoms with van der Waals surface area (Å²) in [6.07, 6.45) is 3.31. The Hall–Kier alpha value is -3.94. The van der Waals surface area contributed by atoms with Gasteiger partial charge in [-0.25, -0.2) is 23.5 Å². The summed E-state index contributed by atoms with van der Waals surface area (Å²) >= 11 is 0. The fraction of sp³-hybridized carbons (Fsp3) is 0.409. The molecule has 1 atom stereocenters. The maximum atomic E-state index is 14.9. The van der Waals surface area contributed by atoms with E-state index in [1.807, 2.05) is 4.90 Å². The topological polar surface area (TPSA) is 94.2 Å². The van der Waals surface area contributed by atoms with Gasteiger partial charge in [0.25, 0.3) is 0 Å². The number of amides is 1. The molecule has 11 heteroatoms. The number of halogens is 1. The summed E-state index contributed by atoms with van der Waals surface area (Å²) < 4.78 is 26.6. The third-order valence-corrected chi connectivity index (χ3v) is 5.52. The molecule has 1 amide bonds. The molecule has 2 aliphatic rings.